The fourth-order valence-electron chi connectivity index (χ4n) is 2.48. The second kappa shape index (κ2) is 9.24. The minimum Gasteiger partial charge on any atom is -0.207 e. The van der Waals surface area contributed by atoms with Crippen LogP contribution in [0.5, 0.6) is 0 Å². The molecule has 0 aliphatic carbocycles. The quantitative estimate of drug-likeness (QED) is 0.411. The fourth-order valence-corrected chi connectivity index (χ4v) is 2.71. The Hall–Kier alpha value is -2.32. The first-order chi connectivity index (χ1) is 12.0. The molecule has 0 radical (unpaired) electrons. The average Bonchev–Trinajstić information content (AvgIpc) is 2.61. The van der Waals surface area contributed by atoms with Gasteiger partial charge in [0.15, 0.2) is 0 Å². The Labute approximate surface area is 155 Å². The Morgan fingerprint density at radius 3 is 2.48 bits per heavy atom. The maximum Gasteiger partial charge on any atom is 0.123 e. The van der Waals surface area contributed by atoms with Crippen LogP contribution in [0.4, 0.5) is 4.39 Å². The minimum absolute atomic E-state index is 0.208. The highest BCUT2D eigenvalue weighted by Gasteiger charge is 2.01. The number of aryl methyl sites for hydroxylation is 1. The van der Waals surface area contributed by atoms with Crippen LogP contribution in [0.25, 0.3) is 5.57 Å². The standard InChI is InChI=1S/C23H23FS/c1-4-20(13-9-18(3)21-6-5-7-23(25)16-21)17(2)8-10-19-11-14-22(24)15-12-19/h4-7,9,11-16,25H,1-2,8,10H2,3H3/b18-9+,20-13+. The zero-order valence-corrected chi connectivity index (χ0v) is 15.4. The molecule has 0 amide bonds. The molecule has 2 aromatic rings. The Balaban J connectivity index is 2.05. The second-order valence-electron chi connectivity index (χ2n) is 5.96. The molecule has 0 aliphatic heterocycles. The zero-order valence-electron chi connectivity index (χ0n) is 14.5. The lowest BCUT2D eigenvalue weighted by molar-refractivity contribution is 0.627. The summed E-state index contributed by atoms with van der Waals surface area (Å²) in [5, 5.41) is 0. The maximum atomic E-state index is 13.0. The van der Waals surface area contributed by atoms with Gasteiger partial charge < -0.3 is 0 Å². The van der Waals surface area contributed by atoms with E-state index in [4.69, 9.17) is 0 Å². The molecule has 0 saturated carbocycles. The minimum atomic E-state index is -0.208. The lowest BCUT2D eigenvalue weighted by Crippen LogP contribution is -1.91. The molecule has 0 fully saturated rings. The van der Waals surface area contributed by atoms with Gasteiger partial charge in [-0.25, -0.2) is 4.39 Å². The molecule has 0 aromatic heterocycles. The van der Waals surface area contributed by atoms with E-state index < -0.39 is 0 Å². The van der Waals surface area contributed by atoms with Crippen LogP contribution in [-0.4, -0.2) is 0 Å². The van der Waals surface area contributed by atoms with Gasteiger partial charge in [0, 0.05) is 4.90 Å². The largest absolute Gasteiger partial charge is 0.207 e. The van der Waals surface area contributed by atoms with E-state index >= 15 is 0 Å². The first kappa shape index (κ1) is 19.0. The van der Waals surface area contributed by atoms with Gasteiger partial charge in [-0.05, 0) is 71.9 Å². The van der Waals surface area contributed by atoms with E-state index in [1.54, 1.807) is 0 Å². The van der Waals surface area contributed by atoms with E-state index in [1.165, 1.54) is 12.1 Å². The molecule has 0 heterocycles. The van der Waals surface area contributed by atoms with Crippen molar-refractivity contribution in [3.8, 4) is 0 Å². The normalized spacial score (nSPS) is 12.1. The summed E-state index contributed by atoms with van der Waals surface area (Å²) in [6, 6.07) is 14.7. The molecule has 0 nitrogen and oxygen atoms in total. The number of allylic oxidation sites excluding steroid dienone is 6. The van der Waals surface area contributed by atoms with Gasteiger partial charge in [0.05, 0.1) is 0 Å². The maximum absolute atomic E-state index is 13.0. The topological polar surface area (TPSA) is 0 Å². The van der Waals surface area contributed by atoms with Gasteiger partial charge >= 0.3 is 0 Å². The molecule has 0 atom stereocenters. The van der Waals surface area contributed by atoms with Crippen LogP contribution in [0.15, 0.2) is 96.0 Å². The van der Waals surface area contributed by atoms with Gasteiger partial charge in [0.2, 0.25) is 0 Å². The van der Waals surface area contributed by atoms with E-state index in [0.29, 0.717) is 0 Å². The monoisotopic (exact) mass is 350 g/mol. The molecule has 2 aromatic carbocycles. The number of halogens is 1. The number of rotatable bonds is 7. The van der Waals surface area contributed by atoms with Gasteiger partial charge in [-0.2, -0.15) is 0 Å². The Kier molecular flexibility index (Phi) is 7.03. The smallest absolute Gasteiger partial charge is 0.123 e. The number of hydrogen-bond donors (Lipinski definition) is 1. The van der Waals surface area contributed by atoms with Gasteiger partial charge in [-0.1, -0.05) is 55.7 Å². The third-order valence-electron chi connectivity index (χ3n) is 4.07. The first-order valence-corrected chi connectivity index (χ1v) is 8.67. The number of benzene rings is 2. The number of hydrogen-bond acceptors (Lipinski definition) is 1. The lowest BCUT2D eigenvalue weighted by Gasteiger charge is -2.07. The summed E-state index contributed by atoms with van der Waals surface area (Å²) >= 11 is 4.38. The third kappa shape index (κ3) is 5.91. The van der Waals surface area contributed by atoms with Crippen molar-refractivity contribution in [1.82, 2.24) is 0 Å². The van der Waals surface area contributed by atoms with Crippen molar-refractivity contribution in [3.63, 3.8) is 0 Å². The van der Waals surface area contributed by atoms with Crippen LogP contribution >= 0.6 is 12.6 Å². The van der Waals surface area contributed by atoms with Crippen LogP contribution in [0.3, 0.4) is 0 Å². The van der Waals surface area contributed by atoms with Crippen LogP contribution in [-0.2, 0) is 6.42 Å². The summed E-state index contributed by atoms with van der Waals surface area (Å²) in [7, 11) is 0. The van der Waals surface area contributed by atoms with E-state index in [1.807, 2.05) is 42.5 Å². The average molecular weight is 351 g/mol. The Morgan fingerprint density at radius 2 is 1.84 bits per heavy atom. The lowest BCUT2D eigenvalue weighted by atomic mass is 9.98. The summed E-state index contributed by atoms with van der Waals surface area (Å²) in [5.74, 6) is -0.208. The molecule has 0 saturated heterocycles. The molecule has 0 aliphatic rings. The van der Waals surface area contributed by atoms with Crippen molar-refractivity contribution in [1.29, 1.82) is 0 Å². The van der Waals surface area contributed by atoms with Gasteiger partial charge in [0.1, 0.15) is 5.82 Å². The van der Waals surface area contributed by atoms with Crippen LogP contribution in [0.1, 0.15) is 24.5 Å². The fraction of sp³-hybridized carbons (Fsp3) is 0.130. The van der Waals surface area contributed by atoms with Gasteiger partial charge in [-0.15, -0.1) is 12.6 Å². The van der Waals surface area contributed by atoms with E-state index in [9.17, 15) is 4.39 Å². The third-order valence-corrected chi connectivity index (χ3v) is 4.35. The highest BCUT2D eigenvalue weighted by atomic mass is 32.1. The molecular formula is C23H23FS. The molecule has 25 heavy (non-hydrogen) atoms. The molecule has 0 spiro atoms. The van der Waals surface area contributed by atoms with Gasteiger partial charge in [-0.3, -0.25) is 0 Å². The van der Waals surface area contributed by atoms with Crippen molar-refractivity contribution in [2.24, 2.45) is 0 Å². The van der Waals surface area contributed by atoms with Crippen LogP contribution < -0.4 is 0 Å². The predicted molar refractivity (Wildman–Crippen MR) is 109 cm³/mol. The Morgan fingerprint density at radius 1 is 1.12 bits per heavy atom. The molecule has 0 bridgehead atoms. The zero-order chi connectivity index (χ0) is 18.2. The molecule has 2 rings (SSSR count). The first-order valence-electron chi connectivity index (χ1n) is 8.22. The van der Waals surface area contributed by atoms with Crippen molar-refractivity contribution < 1.29 is 4.39 Å². The second-order valence-corrected chi connectivity index (χ2v) is 6.47. The summed E-state index contributed by atoms with van der Waals surface area (Å²) < 4.78 is 13.0. The molecule has 0 N–H and O–H groups in total. The highest BCUT2D eigenvalue weighted by Crippen LogP contribution is 2.20. The summed E-state index contributed by atoms with van der Waals surface area (Å²) in [6.07, 6.45) is 7.58. The molecule has 0 unspecified atom stereocenters. The van der Waals surface area contributed by atoms with Crippen molar-refractivity contribution >= 4 is 18.2 Å². The van der Waals surface area contributed by atoms with Crippen molar-refractivity contribution in [2.45, 2.75) is 24.7 Å². The SMILES string of the molecule is C=C/C(=C\C=C(/C)c1cccc(S)c1)C(=C)CCc1ccc(F)cc1. The van der Waals surface area contributed by atoms with Gasteiger partial charge in [0.25, 0.3) is 0 Å². The van der Waals surface area contributed by atoms with E-state index in [2.05, 4.69) is 44.9 Å². The van der Waals surface area contributed by atoms with Crippen molar-refractivity contribution in [2.75, 3.05) is 0 Å². The molecule has 2 heteroatoms. The Bertz CT molecular complexity index is 810. The van der Waals surface area contributed by atoms with Crippen molar-refractivity contribution in [3.05, 3.63) is 108 Å². The van der Waals surface area contributed by atoms with Crippen LogP contribution in [0.2, 0.25) is 0 Å². The summed E-state index contributed by atoms with van der Waals surface area (Å²) in [6.45, 7) is 10.1. The number of thiol groups is 1. The van der Waals surface area contributed by atoms with E-state index in [0.717, 1.165) is 45.6 Å². The highest BCUT2D eigenvalue weighted by molar-refractivity contribution is 7.80. The summed E-state index contributed by atoms with van der Waals surface area (Å²) in [5.41, 5.74) is 5.43. The van der Waals surface area contributed by atoms with E-state index in [-0.39, 0.29) is 5.82 Å². The summed E-state index contributed by atoms with van der Waals surface area (Å²) in [4.78, 5) is 0.946. The predicted octanol–water partition coefficient (Wildman–Crippen LogP) is 6.82. The molecular weight excluding hydrogens is 327 g/mol. The van der Waals surface area contributed by atoms with Crippen LogP contribution in [0, 0.1) is 5.82 Å². The molecule has 128 valence electrons.